The molecule has 0 aliphatic rings. The van der Waals surface area contributed by atoms with Gasteiger partial charge in [-0.05, 0) is 42.3 Å². The van der Waals surface area contributed by atoms with Crippen molar-refractivity contribution in [3.63, 3.8) is 0 Å². The van der Waals surface area contributed by atoms with Gasteiger partial charge < -0.3 is 19.4 Å². The molecule has 4 rings (SSSR count). The van der Waals surface area contributed by atoms with Gasteiger partial charge >= 0.3 is 0 Å². The summed E-state index contributed by atoms with van der Waals surface area (Å²) in [6.07, 6.45) is 0. The average Bonchev–Trinajstić information content (AvgIpc) is 3.19. The van der Waals surface area contributed by atoms with Crippen molar-refractivity contribution in [1.82, 2.24) is 9.55 Å². The Morgan fingerprint density at radius 2 is 1.82 bits per heavy atom. The Morgan fingerprint density at radius 1 is 1.06 bits per heavy atom. The number of benzene rings is 3. The molecule has 1 unspecified atom stereocenters. The van der Waals surface area contributed by atoms with Crippen LogP contribution in [0, 0.1) is 6.92 Å². The van der Waals surface area contributed by atoms with E-state index >= 15 is 0 Å². The van der Waals surface area contributed by atoms with Crippen LogP contribution in [0.2, 0.25) is 0 Å². The van der Waals surface area contributed by atoms with E-state index in [1.54, 1.807) is 14.2 Å². The second-order valence-electron chi connectivity index (χ2n) is 7.63. The molecule has 0 aliphatic carbocycles. The molecule has 1 aromatic heterocycles. The van der Waals surface area contributed by atoms with Gasteiger partial charge in [-0.3, -0.25) is 4.79 Å². The van der Waals surface area contributed by atoms with Crippen LogP contribution in [0.25, 0.3) is 11.0 Å². The van der Waals surface area contributed by atoms with E-state index in [1.807, 2.05) is 79.7 Å². The molecule has 1 atom stereocenters. The minimum absolute atomic E-state index is 0.138. The number of hydrogen-bond acceptors (Lipinski definition) is 5. The number of imidazole rings is 1. The highest BCUT2D eigenvalue weighted by Gasteiger charge is 2.26. The molecular weight excluding hydrogens is 434 g/mol. The molecule has 1 N–H and O–H groups in total. The number of fused-ring (bicyclic) bond motifs is 1. The van der Waals surface area contributed by atoms with Crippen LogP contribution in [-0.4, -0.2) is 36.3 Å². The molecule has 0 aliphatic heterocycles. The molecule has 7 heteroatoms. The van der Waals surface area contributed by atoms with Gasteiger partial charge in [0, 0.05) is 13.7 Å². The third-order valence-corrected chi connectivity index (χ3v) is 6.56. The summed E-state index contributed by atoms with van der Waals surface area (Å²) in [5.74, 6) is 0.485. The van der Waals surface area contributed by atoms with Gasteiger partial charge in [0.15, 0.2) is 5.16 Å². The molecule has 0 saturated carbocycles. The van der Waals surface area contributed by atoms with Crippen LogP contribution in [0.5, 0.6) is 5.75 Å². The van der Waals surface area contributed by atoms with Gasteiger partial charge in [-0.25, -0.2) is 4.98 Å². The molecular formula is C26H27N3O3S. The predicted molar refractivity (Wildman–Crippen MR) is 133 cm³/mol. The molecule has 1 heterocycles. The summed E-state index contributed by atoms with van der Waals surface area (Å²) in [7, 11) is 3.28. The lowest BCUT2D eigenvalue weighted by atomic mass is 10.1. The summed E-state index contributed by atoms with van der Waals surface area (Å²) in [6, 6.07) is 23.5. The van der Waals surface area contributed by atoms with Crippen LogP contribution in [0.15, 0.2) is 78.0 Å². The highest BCUT2D eigenvalue weighted by Crippen LogP contribution is 2.38. The highest BCUT2D eigenvalue weighted by molar-refractivity contribution is 8.00. The summed E-state index contributed by atoms with van der Waals surface area (Å²) in [6.45, 7) is 3.18. The monoisotopic (exact) mass is 461 g/mol. The molecule has 0 spiro atoms. The van der Waals surface area contributed by atoms with Crippen molar-refractivity contribution in [2.24, 2.45) is 0 Å². The fourth-order valence-electron chi connectivity index (χ4n) is 3.67. The molecule has 6 nitrogen and oxygen atoms in total. The summed E-state index contributed by atoms with van der Waals surface area (Å²) in [4.78, 5) is 18.4. The summed E-state index contributed by atoms with van der Waals surface area (Å²) in [5.41, 5.74) is 4.50. The first-order chi connectivity index (χ1) is 16.1. The van der Waals surface area contributed by atoms with E-state index in [0.717, 1.165) is 27.3 Å². The molecule has 33 heavy (non-hydrogen) atoms. The Hall–Kier alpha value is -3.29. The van der Waals surface area contributed by atoms with Gasteiger partial charge in [0.05, 0.1) is 30.4 Å². The van der Waals surface area contributed by atoms with Crippen molar-refractivity contribution in [3.8, 4) is 5.75 Å². The maximum atomic E-state index is 13.6. The van der Waals surface area contributed by atoms with Gasteiger partial charge in [-0.2, -0.15) is 0 Å². The van der Waals surface area contributed by atoms with Crippen LogP contribution in [0.4, 0.5) is 5.69 Å². The fourth-order valence-corrected chi connectivity index (χ4v) is 4.80. The summed E-state index contributed by atoms with van der Waals surface area (Å²) >= 11 is 1.43. The molecule has 0 radical (unpaired) electrons. The van der Waals surface area contributed by atoms with E-state index in [9.17, 15) is 4.79 Å². The highest BCUT2D eigenvalue weighted by atomic mass is 32.2. The molecule has 0 saturated heterocycles. The minimum atomic E-state index is -0.505. The van der Waals surface area contributed by atoms with Crippen LogP contribution in [-0.2, 0) is 16.1 Å². The number of aromatic nitrogens is 2. The van der Waals surface area contributed by atoms with E-state index in [2.05, 4.69) is 9.88 Å². The predicted octanol–water partition coefficient (Wildman–Crippen LogP) is 5.47. The van der Waals surface area contributed by atoms with E-state index in [1.165, 1.54) is 11.8 Å². The number of para-hydroxylation sites is 2. The van der Waals surface area contributed by atoms with Crippen LogP contribution >= 0.6 is 11.8 Å². The zero-order valence-electron chi connectivity index (χ0n) is 18.9. The standard InChI is InChI=1S/C26H27N3O3S/c1-18-13-14-23(32-3)21(17-18)27-25(30)24(19-9-5-4-6-10-19)33-26-28-20-11-7-8-12-22(20)29(26)15-16-31-2/h4-14,17,24H,15-16H2,1-3H3,(H,27,30). The lowest BCUT2D eigenvalue weighted by Crippen LogP contribution is -2.20. The largest absolute Gasteiger partial charge is 0.495 e. The number of methoxy groups -OCH3 is 2. The Labute approximate surface area is 197 Å². The van der Waals surface area contributed by atoms with Gasteiger partial charge in [-0.15, -0.1) is 0 Å². The smallest absolute Gasteiger partial charge is 0.242 e. The maximum Gasteiger partial charge on any atom is 0.242 e. The SMILES string of the molecule is COCCn1c(SC(C(=O)Nc2cc(C)ccc2OC)c2ccccc2)nc2ccccc21. The van der Waals surface area contributed by atoms with Crippen LogP contribution < -0.4 is 10.1 Å². The average molecular weight is 462 g/mol. The number of nitrogens with zero attached hydrogens (tertiary/aromatic N) is 2. The maximum absolute atomic E-state index is 13.6. The van der Waals surface area contributed by atoms with E-state index in [0.29, 0.717) is 24.6 Å². The van der Waals surface area contributed by atoms with Crippen molar-refractivity contribution < 1.29 is 14.3 Å². The minimum Gasteiger partial charge on any atom is -0.495 e. The van der Waals surface area contributed by atoms with E-state index in [-0.39, 0.29) is 5.91 Å². The number of carbonyl (C=O) groups is 1. The zero-order chi connectivity index (χ0) is 23.2. The number of aryl methyl sites for hydroxylation is 1. The first-order valence-electron chi connectivity index (χ1n) is 10.7. The third kappa shape index (κ3) is 5.21. The number of carbonyl (C=O) groups excluding carboxylic acids is 1. The summed E-state index contributed by atoms with van der Waals surface area (Å²) < 4.78 is 12.9. The van der Waals surface area contributed by atoms with Gasteiger partial charge in [0.2, 0.25) is 5.91 Å². The Kier molecular flexibility index (Phi) is 7.32. The van der Waals surface area contributed by atoms with Crippen LogP contribution in [0.1, 0.15) is 16.4 Å². The molecule has 170 valence electrons. The Bertz CT molecular complexity index is 1240. The van der Waals surface area contributed by atoms with E-state index in [4.69, 9.17) is 14.5 Å². The fraction of sp³-hybridized carbons (Fsp3) is 0.231. The number of ether oxygens (including phenoxy) is 2. The third-order valence-electron chi connectivity index (χ3n) is 5.32. The molecule has 1 amide bonds. The number of anilines is 1. The number of thioether (sulfide) groups is 1. The first kappa shape index (κ1) is 22.9. The van der Waals surface area contributed by atoms with Crippen molar-refractivity contribution in [2.75, 3.05) is 26.1 Å². The van der Waals surface area contributed by atoms with Gasteiger partial charge in [-0.1, -0.05) is 60.3 Å². The Morgan fingerprint density at radius 3 is 2.58 bits per heavy atom. The first-order valence-corrected chi connectivity index (χ1v) is 11.6. The van der Waals surface area contributed by atoms with Gasteiger partial charge in [0.25, 0.3) is 0 Å². The second-order valence-corrected chi connectivity index (χ2v) is 8.70. The molecule has 3 aromatic carbocycles. The lowest BCUT2D eigenvalue weighted by molar-refractivity contribution is -0.115. The topological polar surface area (TPSA) is 65.4 Å². The van der Waals surface area contributed by atoms with Crippen molar-refractivity contribution >= 4 is 34.4 Å². The second kappa shape index (κ2) is 10.6. The number of hydrogen-bond donors (Lipinski definition) is 1. The number of rotatable bonds is 9. The normalized spacial score (nSPS) is 12.0. The van der Waals surface area contributed by atoms with Crippen molar-refractivity contribution in [3.05, 3.63) is 83.9 Å². The zero-order valence-corrected chi connectivity index (χ0v) is 19.8. The Balaban J connectivity index is 1.71. The van der Waals surface area contributed by atoms with Crippen LogP contribution in [0.3, 0.4) is 0 Å². The van der Waals surface area contributed by atoms with Crippen molar-refractivity contribution in [2.45, 2.75) is 23.9 Å². The number of nitrogens with one attached hydrogen (secondary N) is 1. The quantitative estimate of drug-likeness (QED) is 0.335. The molecule has 0 fully saturated rings. The number of amides is 1. The molecule has 0 bridgehead atoms. The van der Waals surface area contributed by atoms with E-state index < -0.39 is 5.25 Å². The lowest BCUT2D eigenvalue weighted by Gasteiger charge is -2.19. The van der Waals surface area contributed by atoms with Crippen molar-refractivity contribution in [1.29, 1.82) is 0 Å². The summed E-state index contributed by atoms with van der Waals surface area (Å²) in [5, 5.41) is 3.34. The van der Waals surface area contributed by atoms with Gasteiger partial charge in [0.1, 0.15) is 11.0 Å². The molecule has 4 aromatic rings.